The van der Waals surface area contributed by atoms with Crippen LogP contribution in [0.25, 0.3) is 0 Å². The van der Waals surface area contributed by atoms with Crippen LogP contribution in [0.3, 0.4) is 0 Å². The summed E-state index contributed by atoms with van der Waals surface area (Å²) in [4.78, 5) is 10.5. The summed E-state index contributed by atoms with van der Waals surface area (Å²) in [6.45, 7) is 3.36. The van der Waals surface area contributed by atoms with Gasteiger partial charge in [0.15, 0.2) is 6.10 Å². The molecular weight excluding hydrogens is 166 g/mol. The highest BCUT2D eigenvalue weighted by Gasteiger charge is 2.08. The van der Waals surface area contributed by atoms with E-state index in [2.05, 4.69) is 0 Å². The SMILES string of the molecule is CC/C=C\CC[C@H](C#N)OC(C)=O. The van der Waals surface area contributed by atoms with Gasteiger partial charge in [0.2, 0.25) is 0 Å². The van der Waals surface area contributed by atoms with Gasteiger partial charge in [0.1, 0.15) is 6.07 Å². The fourth-order valence-electron chi connectivity index (χ4n) is 0.882. The highest BCUT2D eigenvalue weighted by atomic mass is 16.5. The number of allylic oxidation sites excluding steroid dienone is 2. The van der Waals surface area contributed by atoms with Crippen molar-refractivity contribution in [1.29, 1.82) is 5.26 Å². The molecule has 1 atom stereocenters. The molecule has 0 N–H and O–H groups in total. The average molecular weight is 181 g/mol. The number of nitrogens with zero attached hydrogens (tertiary/aromatic N) is 1. The quantitative estimate of drug-likeness (QED) is 0.482. The van der Waals surface area contributed by atoms with Crippen LogP contribution in [0.2, 0.25) is 0 Å². The number of hydrogen-bond donors (Lipinski definition) is 0. The Hall–Kier alpha value is -1.30. The Labute approximate surface area is 79.0 Å². The second-order valence-corrected chi connectivity index (χ2v) is 2.68. The van der Waals surface area contributed by atoms with Gasteiger partial charge < -0.3 is 4.74 Å². The minimum absolute atomic E-state index is 0.397. The maximum atomic E-state index is 10.5. The molecule has 3 heteroatoms. The molecule has 0 radical (unpaired) electrons. The molecule has 0 rings (SSSR count). The molecule has 72 valence electrons. The smallest absolute Gasteiger partial charge is 0.303 e. The molecule has 0 heterocycles. The van der Waals surface area contributed by atoms with E-state index < -0.39 is 12.1 Å². The summed E-state index contributed by atoms with van der Waals surface area (Å²) >= 11 is 0. The molecule has 0 saturated heterocycles. The van der Waals surface area contributed by atoms with Crippen molar-refractivity contribution < 1.29 is 9.53 Å². The number of ether oxygens (including phenoxy) is 1. The van der Waals surface area contributed by atoms with E-state index in [9.17, 15) is 4.79 Å². The summed E-state index contributed by atoms with van der Waals surface area (Å²) in [7, 11) is 0. The van der Waals surface area contributed by atoms with E-state index >= 15 is 0 Å². The Morgan fingerprint density at radius 2 is 2.31 bits per heavy atom. The molecule has 0 aliphatic heterocycles. The van der Waals surface area contributed by atoms with Crippen molar-refractivity contribution in [2.75, 3.05) is 0 Å². The minimum atomic E-state index is -0.598. The van der Waals surface area contributed by atoms with Crippen LogP contribution in [-0.2, 0) is 9.53 Å². The summed E-state index contributed by atoms with van der Waals surface area (Å²) in [5, 5.41) is 8.58. The van der Waals surface area contributed by atoms with Crippen molar-refractivity contribution in [2.24, 2.45) is 0 Å². The van der Waals surface area contributed by atoms with E-state index in [1.54, 1.807) is 0 Å². The van der Waals surface area contributed by atoms with E-state index in [1.165, 1.54) is 6.92 Å². The zero-order chi connectivity index (χ0) is 10.1. The van der Waals surface area contributed by atoms with Crippen LogP contribution >= 0.6 is 0 Å². The van der Waals surface area contributed by atoms with Gasteiger partial charge in [0, 0.05) is 13.3 Å². The molecule has 0 aromatic heterocycles. The van der Waals surface area contributed by atoms with Crippen LogP contribution in [0.4, 0.5) is 0 Å². The Kier molecular flexibility index (Phi) is 6.62. The van der Waals surface area contributed by atoms with Crippen molar-refractivity contribution in [3.05, 3.63) is 12.2 Å². The largest absolute Gasteiger partial charge is 0.447 e. The van der Waals surface area contributed by atoms with Crippen LogP contribution in [0, 0.1) is 11.3 Å². The molecule has 0 aliphatic carbocycles. The van der Waals surface area contributed by atoms with Crippen molar-refractivity contribution in [1.82, 2.24) is 0 Å². The molecule has 0 amide bonds. The third-order valence-corrected chi connectivity index (χ3v) is 1.45. The molecular formula is C10H15NO2. The first-order valence-electron chi connectivity index (χ1n) is 4.42. The van der Waals surface area contributed by atoms with Crippen molar-refractivity contribution >= 4 is 5.97 Å². The monoisotopic (exact) mass is 181 g/mol. The van der Waals surface area contributed by atoms with Gasteiger partial charge in [-0.05, 0) is 12.8 Å². The molecule has 0 fully saturated rings. The topological polar surface area (TPSA) is 50.1 Å². The molecule has 0 aliphatic rings. The van der Waals surface area contributed by atoms with Gasteiger partial charge in [-0.2, -0.15) is 5.26 Å². The van der Waals surface area contributed by atoms with Gasteiger partial charge in [0.25, 0.3) is 0 Å². The number of nitriles is 1. The van der Waals surface area contributed by atoms with Crippen LogP contribution in [0.5, 0.6) is 0 Å². The predicted molar refractivity (Wildman–Crippen MR) is 49.8 cm³/mol. The third-order valence-electron chi connectivity index (χ3n) is 1.45. The number of carbonyl (C=O) groups excluding carboxylic acids is 1. The summed E-state index contributed by atoms with van der Waals surface area (Å²) in [6.07, 6.45) is 5.77. The number of rotatable bonds is 5. The Morgan fingerprint density at radius 3 is 2.77 bits per heavy atom. The summed E-state index contributed by atoms with van der Waals surface area (Å²) < 4.78 is 4.75. The minimum Gasteiger partial charge on any atom is -0.447 e. The van der Waals surface area contributed by atoms with E-state index in [0.717, 1.165) is 12.8 Å². The lowest BCUT2D eigenvalue weighted by Crippen LogP contribution is -2.13. The van der Waals surface area contributed by atoms with E-state index in [-0.39, 0.29) is 0 Å². The normalized spacial score (nSPS) is 12.4. The molecule has 0 unspecified atom stereocenters. The summed E-state index contributed by atoms with van der Waals surface area (Å²) in [6, 6.07) is 1.93. The highest BCUT2D eigenvalue weighted by Crippen LogP contribution is 2.02. The first-order valence-corrected chi connectivity index (χ1v) is 4.42. The first-order chi connectivity index (χ1) is 6.20. The molecule has 0 spiro atoms. The first kappa shape index (κ1) is 11.7. The Morgan fingerprint density at radius 1 is 1.62 bits per heavy atom. The molecule has 3 nitrogen and oxygen atoms in total. The summed E-state index contributed by atoms with van der Waals surface area (Å²) in [5.41, 5.74) is 0. The maximum Gasteiger partial charge on any atom is 0.303 e. The molecule has 13 heavy (non-hydrogen) atoms. The Bertz CT molecular complexity index is 215. The number of esters is 1. The van der Waals surface area contributed by atoms with Crippen molar-refractivity contribution in [2.45, 2.75) is 39.2 Å². The van der Waals surface area contributed by atoms with E-state index in [4.69, 9.17) is 10.00 Å². The number of hydrogen-bond acceptors (Lipinski definition) is 3. The van der Waals surface area contributed by atoms with Crippen LogP contribution in [-0.4, -0.2) is 12.1 Å². The van der Waals surface area contributed by atoms with Gasteiger partial charge in [-0.1, -0.05) is 19.1 Å². The van der Waals surface area contributed by atoms with Gasteiger partial charge in [-0.3, -0.25) is 4.79 Å². The Balaban J connectivity index is 3.67. The average Bonchev–Trinajstić information content (AvgIpc) is 2.09. The van der Waals surface area contributed by atoms with E-state index in [0.29, 0.717) is 6.42 Å². The van der Waals surface area contributed by atoms with Gasteiger partial charge in [-0.15, -0.1) is 0 Å². The van der Waals surface area contributed by atoms with Gasteiger partial charge in [-0.25, -0.2) is 0 Å². The molecule has 0 bridgehead atoms. The lowest BCUT2D eigenvalue weighted by atomic mass is 10.2. The van der Waals surface area contributed by atoms with Gasteiger partial charge >= 0.3 is 5.97 Å². The van der Waals surface area contributed by atoms with E-state index in [1.807, 2.05) is 25.1 Å². The zero-order valence-corrected chi connectivity index (χ0v) is 8.12. The second kappa shape index (κ2) is 7.35. The summed E-state index contributed by atoms with van der Waals surface area (Å²) in [5.74, 6) is -0.397. The van der Waals surface area contributed by atoms with Crippen LogP contribution in [0.1, 0.15) is 33.1 Å². The fourth-order valence-corrected chi connectivity index (χ4v) is 0.882. The van der Waals surface area contributed by atoms with Gasteiger partial charge in [0.05, 0.1) is 0 Å². The van der Waals surface area contributed by atoms with Crippen LogP contribution < -0.4 is 0 Å². The number of carbonyl (C=O) groups is 1. The van der Waals surface area contributed by atoms with Crippen LogP contribution in [0.15, 0.2) is 12.2 Å². The molecule has 0 aromatic carbocycles. The lowest BCUT2D eigenvalue weighted by molar-refractivity contribution is -0.144. The standard InChI is InChI=1S/C10H15NO2/c1-3-4-5-6-7-10(8-11)13-9(2)12/h4-5,10H,3,6-7H2,1-2H3/b5-4-/t10-/m1/s1. The zero-order valence-electron chi connectivity index (χ0n) is 8.12. The second-order valence-electron chi connectivity index (χ2n) is 2.68. The molecule has 0 aromatic rings. The third kappa shape index (κ3) is 7.07. The fraction of sp³-hybridized carbons (Fsp3) is 0.600. The van der Waals surface area contributed by atoms with Crippen molar-refractivity contribution in [3.8, 4) is 6.07 Å². The highest BCUT2D eigenvalue weighted by molar-refractivity contribution is 5.66. The van der Waals surface area contributed by atoms with Crippen molar-refractivity contribution in [3.63, 3.8) is 0 Å². The predicted octanol–water partition coefficient (Wildman–Crippen LogP) is 2.19. The maximum absolute atomic E-state index is 10.5. The molecule has 0 saturated carbocycles. The lowest BCUT2D eigenvalue weighted by Gasteiger charge is -2.06.